The van der Waals surface area contributed by atoms with Crippen LogP contribution in [-0.4, -0.2) is 20.4 Å². The lowest BCUT2D eigenvalue weighted by molar-refractivity contribution is 0.584. The minimum absolute atomic E-state index is 0.387. The predicted molar refractivity (Wildman–Crippen MR) is 488 cm³/mol. The Bertz CT molecular complexity index is 6960. The Balaban J connectivity index is 0.864. The standard InChI is InChI=1S/C112H70N4O2/c1-11-35-71(36-12-1)85-65-86(72-37-13-2-14-38-72)68-89(67-85)111-115-113-109(117-111)83-57-31-55-81(63-83)101-99(79-51-27-9-28-52-79)107-93-61-33-59-91-103(93)104-92(106-98(78-49-25-8-26-50-78)96(76-45-21-6-22-46-76)95(75-43-19-5-20-44-75)97(105(91)106)77-47-23-7-24-48-77)60-34-62-94(104)108(107)100(80-53-29-10-30-54-80)102(101)82-56-32-58-84(64-82)110-114-116-112(118-110)90-69-87(73-39-15-3-16-40-73)66-88(70-90)74-41-17-4-18-42-74/h1-70H. The Morgan fingerprint density at radius 1 is 0.119 bits per heavy atom. The molecule has 2 aromatic heterocycles. The van der Waals surface area contributed by atoms with E-state index in [4.69, 9.17) is 29.2 Å². The van der Waals surface area contributed by atoms with E-state index in [9.17, 15) is 0 Å². The molecule has 0 aliphatic rings. The lowest BCUT2D eigenvalue weighted by atomic mass is 9.73. The monoisotopic (exact) mass is 1500 g/mol. The van der Waals surface area contributed by atoms with Crippen molar-refractivity contribution in [1.29, 1.82) is 0 Å². The van der Waals surface area contributed by atoms with Gasteiger partial charge in [0.2, 0.25) is 23.6 Å². The largest absolute Gasteiger partial charge is 0.416 e. The van der Waals surface area contributed by atoms with Crippen LogP contribution in [-0.2, 0) is 0 Å². The lowest BCUT2D eigenvalue weighted by Gasteiger charge is -2.29. The molecule has 0 spiro atoms. The molecule has 550 valence electrons. The van der Waals surface area contributed by atoms with Crippen molar-refractivity contribution < 1.29 is 8.83 Å². The summed E-state index contributed by atoms with van der Waals surface area (Å²) in [5.41, 5.74) is 29.0. The molecule has 0 saturated heterocycles. The van der Waals surface area contributed by atoms with Crippen LogP contribution in [0.1, 0.15) is 0 Å². The fraction of sp³-hybridized carbons (Fsp3) is 0. The smallest absolute Gasteiger partial charge is 0.248 e. The third-order valence-corrected chi connectivity index (χ3v) is 23.3. The second-order valence-corrected chi connectivity index (χ2v) is 30.2. The maximum Gasteiger partial charge on any atom is 0.248 e. The third kappa shape index (κ3) is 12.0. The van der Waals surface area contributed by atoms with Crippen LogP contribution in [0, 0.1) is 0 Å². The van der Waals surface area contributed by atoms with Crippen LogP contribution in [0.2, 0.25) is 0 Å². The average molecular weight is 1500 g/mol. The Morgan fingerprint density at radius 2 is 0.288 bits per heavy atom. The van der Waals surface area contributed by atoms with E-state index in [0.29, 0.717) is 23.6 Å². The van der Waals surface area contributed by atoms with E-state index in [-0.39, 0.29) is 0 Å². The quantitative estimate of drug-likeness (QED) is 0.0709. The van der Waals surface area contributed by atoms with E-state index in [1.165, 1.54) is 43.8 Å². The molecule has 0 unspecified atom stereocenters. The molecule has 0 atom stereocenters. The lowest BCUT2D eigenvalue weighted by Crippen LogP contribution is -2.02. The Labute approximate surface area is 682 Å². The van der Waals surface area contributed by atoms with Gasteiger partial charge in [0.1, 0.15) is 0 Å². The zero-order valence-corrected chi connectivity index (χ0v) is 64.0. The maximum atomic E-state index is 7.05. The summed E-state index contributed by atoms with van der Waals surface area (Å²) in [5.74, 6) is 1.60. The summed E-state index contributed by atoms with van der Waals surface area (Å²) in [6, 6.07) is 153. The SMILES string of the molecule is c1ccc(-c2cc(-c3ccccc3)cc(-c3nnc(-c4cccc(-c5c(-c6cccc(-c7nnc(-c8cc(-c9ccccc9)cc(-c9ccccc9)c8)o7)c6)c(-c6ccccc6)c6c7cccc8c9c(-c%10ccccc%10)c(-c%10ccccc%10)c(-c%10ccccc%10)c(-c%10ccccc%10)c9c9cccc(c6c5-c5ccccc5)c9c87)c4)o3)c2)cc1. The fourth-order valence-electron chi connectivity index (χ4n) is 18.2. The Kier molecular flexibility index (Phi) is 17.1. The summed E-state index contributed by atoms with van der Waals surface area (Å²) in [6.07, 6.45) is 0. The number of nitrogens with zero attached hydrogens (tertiary/aromatic N) is 4. The zero-order chi connectivity index (χ0) is 78.0. The van der Waals surface area contributed by atoms with Gasteiger partial charge in [-0.25, -0.2) is 0 Å². The van der Waals surface area contributed by atoms with Gasteiger partial charge in [-0.15, -0.1) is 20.4 Å². The molecule has 0 aliphatic carbocycles. The molecule has 20 aromatic carbocycles. The molecule has 118 heavy (non-hydrogen) atoms. The summed E-state index contributed by atoms with van der Waals surface area (Å²) < 4.78 is 14.1. The molecule has 22 rings (SSSR count). The minimum atomic E-state index is 0.387. The summed E-state index contributed by atoms with van der Waals surface area (Å²) in [4.78, 5) is 0. The third-order valence-electron chi connectivity index (χ3n) is 23.3. The van der Waals surface area contributed by atoms with E-state index in [1.54, 1.807) is 0 Å². The first-order valence-electron chi connectivity index (χ1n) is 40.1. The number of hydrogen-bond donors (Lipinski definition) is 0. The van der Waals surface area contributed by atoms with Gasteiger partial charge in [0.05, 0.1) is 0 Å². The van der Waals surface area contributed by atoms with E-state index in [0.717, 1.165) is 166 Å². The number of aromatic nitrogens is 4. The Morgan fingerprint density at radius 3 is 0.534 bits per heavy atom. The molecule has 22 aromatic rings. The summed E-state index contributed by atoms with van der Waals surface area (Å²) >= 11 is 0. The molecule has 0 N–H and O–H groups in total. The first-order chi connectivity index (χ1) is 58.6. The van der Waals surface area contributed by atoms with Crippen molar-refractivity contribution in [3.8, 4) is 179 Å². The number of fused-ring (bicyclic) bond motifs is 6. The van der Waals surface area contributed by atoms with E-state index in [2.05, 4.69) is 400 Å². The van der Waals surface area contributed by atoms with Crippen LogP contribution in [0.4, 0.5) is 0 Å². The summed E-state index contributed by atoms with van der Waals surface area (Å²) in [7, 11) is 0. The number of rotatable bonds is 16. The van der Waals surface area contributed by atoms with Gasteiger partial charge >= 0.3 is 0 Å². The molecule has 0 aliphatic heterocycles. The van der Waals surface area contributed by atoms with Crippen LogP contribution >= 0.6 is 0 Å². The summed E-state index contributed by atoms with van der Waals surface area (Å²) in [5, 5.41) is 31.3. The van der Waals surface area contributed by atoms with Crippen molar-refractivity contribution in [3.63, 3.8) is 0 Å². The minimum Gasteiger partial charge on any atom is -0.416 e. The van der Waals surface area contributed by atoms with Gasteiger partial charge in [0.15, 0.2) is 0 Å². The topological polar surface area (TPSA) is 77.8 Å². The molecule has 6 nitrogen and oxygen atoms in total. The first kappa shape index (κ1) is 69.0. The Hall–Kier alpha value is -15.8. The van der Waals surface area contributed by atoms with Crippen molar-refractivity contribution in [2.75, 3.05) is 0 Å². The highest BCUT2D eigenvalue weighted by atomic mass is 16.4. The van der Waals surface area contributed by atoms with E-state index in [1.807, 2.05) is 24.3 Å². The molecule has 2 heterocycles. The number of benzene rings is 20. The molecule has 0 radical (unpaired) electrons. The van der Waals surface area contributed by atoms with Gasteiger partial charge in [0.25, 0.3) is 0 Å². The van der Waals surface area contributed by atoms with Crippen molar-refractivity contribution in [2.24, 2.45) is 0 Å². The van der Waals surface area contributed by atoms with Crippen LogP contribution in [0.15, 0.2) is 433 Å². The maximum absolute atomic E-state index is 7.05. The van der Waals surface area contributed by atoms with Gasteiger partial charge in [-0.05, 0) is 248 Å². The molecule has 0 saturated carbocycles. The van der Waals surface area contributed by atoms with Crippen molar-refractivity contribution in [3.05, 3.63) is 425 Å². The fourth-order valence-corrected chi connectivity index (χ4v) is 18.2. The average Bonchev–Trinajstić information content (AvgIpc) is 0.958. The van der Waals surface area contributed by atoms with Gasteiger partial charge in [-0.3, -0.25) is 0 Å². The van der Waals surface area contributed by atoms with Gasteiger partial charge in [-0.2, -0.15) is 0 Å². The second kappa shape index (κ2) is 29.3. The normalized spacial score (nSPS) is 11.6. The van der Waals surface area contributed by atoms with E-state index < -0.39 is 0 Å². The molecular weight excluding hydrogens is 1430 g/mol. The van der Waals surface area contributed by atoms with Crippen molar-refractivity contribution in [2.45, 2.75) is 0 Å². The number of hydrogen-bond acceptors (Lipinski definition) is 6. The first-order valence-corrected chi connectivity index (χ1v) is 40.1. The molecule has 6 heteroatoms. The van der Waals surface area contributed by atoms with Crippen LogP contribution in [0.5, 0.6) is 0 Å². The van der Waals surface area contributed by atoms with Gasteiger partial charge < -0.3 is 8.83 Å². The second-order valence-electron chi connectivity index (χ2n) is 30.2. The van der Waals surface area contributed by atoms with Crippen molar-refractivity contribution in [1.82, 2.24) is 20.4 Å². The highest BCUT2D eigenvalue weighted by Gasteiger charge is 2.33. The van der Waals surface area contributed by atoms with Crippen molar-refractivity contribution >= 4 is 53.9 Å². The van der Waals surface area contributed by atoms with Gasteiger partial charge in [-0.1, -0.05) is 364 Å². The molecule has 0 amide bonds. The zero-order valence-electron chi connectivity index (χ0n) is 64.0. The molecule has 0 fully saturated rings. The molecular formula is C112H70N4O2. The van der Waals surface area contributed by atoms with E-state index >= 15 is 0 Å². The van der Waals surface area contributed by atoms with Crippen LogP contribution < -0.4 is 0 Å². The summed E-state index contributed by atoms with van der Waals surface area (Å²) in [6.45, 7) is 0. The predicted octanol–water partition coefficient (Wildman–Crippen LogP) is 30.3. The molecule has 0 bridgehead atoms. The van der Waals surface area contributed by atoms with Crippen LogP contribution in [0.3, 0.4) is 0 Å². The highest BCUT2D eigenvalue weighted by Crippen LogP contribution is 2.60. The highest BCUT2D eigenvalue weighted by molar-refractivity contribution is 6.46. The van der Waals surface area contributed by atoms with Gasteiger partial charge in [0, 0.05) is 22.3 Å². The van der Waals surface area contributed by atoms with Crippen LogP contribution in [0.25, 0.3) is 233 Å².